The van der Waals surface area contributed by atoms with Crippen molar-refractivity contribution in [1.82, 2.24) is 0 Å². The molecule has 0 saturated heterocycles. The van der Waals surface area contributed by atoms with E-state index in [-0.39, 0.29) is 12.1 Å². The number of ether oxygens (including phenoxy) is 1. The Kier molecular flexibility index (Phi) is 5.09. The largest absolute Gasteiger partial charge is 0.381 e. The van der Waals surface area contributed by atoms with Crippen LogP contribution in [0.3, 0.4) is 0 Å². The SMILES string of the molecule is COCc1c(Br)cccc1NCc1cc(F)ccc1F. The van der Waals surface area contributed by atoms with Crippen molar-refractivity contribution in [3.05, 3.63) is 63.6 Å². The van der Waals surface area contributed by atoms with Crippen molar-refractivity contribution in [3.8, 4) is 0 Å². The van der Waals surface area contributed by atoms with E-state index in [0.29, 0.717) is 6.61 Å². The molecule has 0 aliphatic carbocycles. The van der Waals surface area contributed by atoms with E-state index in [2.05, 4.69) is 21.2 Å². The predicted molar refractivity (Wildman–Crippen MR) is 78.5 cm³/mol. The molecular formula is C15H14BrF2NO. The van der Waals surface area contributed by atoms with E-state index in [1.165, 1.54) is 6.07 Å². The molecule has 0 aliphatic rings. The maximum atomic E-state index is 13.6. The minimum atomic E-state index is -0.449. The van der Waals surface area contributed by atoms with Crippen LogP contribution in [0, 0.1) is 11.6 Å². The van der Waals surface area contributed by atoms with Gasteiger partial charge in [-0.2, -0.15) is 0 Å². The Morgan fingerprint density at radius 1 is 1.20 bits per heavy atom. The van der Waals surface area contributed by atoms with Crippen molar-refractivity contribution in [2.45, 2.75) is 13.2 Å². The van der Waals surface area contributed by atoms with Crippen molar-refractivity contribution in [1.29, 1.82) is 0 Å². The van der Waals surface area contributed by atoms with E-state index in [1.54, 1.807) is 7.11 Å². The van der Waals surface area contributed by atoms with Gasteiger partial charge in [-0.1, -0.05) is 22.0 Å². The first kappa shape index (κ1) is 14.9. The summed E-state index contributed by atoms with van der Waals surface area (Å²) >= 11 is 3.45. The highest BCUT2D eigenvalue weighted by atomic mass is 79.9. The molecule has 0 saturated carbocycles. The van der Waals surface area contributed by atoms with Crippen molar-refractivity contribution >= 4 is 21.6 Å². The van der Waals surface area contributed by atoms with Crippen molar-refractivity contribution in [2.24, 2.45) is 0 Å². The summed E-state index contributed by atoms with van der Waals surface area (Å²) in [5.74, 6) is -0.878. The highest BCUT2D eigenvalue weighted by molar-refractivity contribution is 9.10. The molecule has 0 fully saturated rings. The molecule has 2 aromatic rings. The van der Waals surface area contributed by atoms with Gasteiger partial charge in [0.15, 0.2) is 0 Å². The Morgan fingerprint density at radius 3 is 2.75 bits per heavy atom. The highest BCUT2D eigenvalue weighted by Crippen LogP contribution is 2.26. The molecule has 2 nitrogen and oxygen atoms in total. The molecule has 5 heteroatoms. The lowest BCUT2D eigenvalue weighted by atomic mass is 10.1. The zero-order valence-electron chi connectivity index (χ0n) is 10.9. The zero-order valence-corrected chi connectivity index (χ0v) is 12.5. The first-order valence-electron chi connectivity index (χ1n) is 6.06. The number of benzene rings is 2. The summed E-state index contributed by atoms with van der Waals surface area (Å²) in [6.07, 6.45) is 0. The van der Waals surface area contributed by atoms with Crippen molar-refractivity contribution in [3.63, 3.8) is 0 Å². The fourth-order valence-corrected chi connectivity index (χ4v) is 2.37. The third kappa shape index (κ3) is 3.55. The number of hydrogen-bond donors (Lipinski definition) is 1. The molecule has 0 radical (unpaired) electrons. The normalized spacial score (nSPS) is 10.6. The van der Waals surface area contributed by atoms with Crippen LogP contribution in [0.25, 0.3) is 0 Å². The lowest BCUT2D eigenvalue weighted by Gasteiger charge is -2.13. The summed E-state index contributed by atoms with van der Waals surface area (Å²) < 4.78 is 32.7. The van der Waals surface area contributed by atoms with E-state index in [1.807, 2.05) is 18.2 Å². The lowest BCUT2D eigenvalue weighted by Crippen LogP contribution is -2.05. The van der Waals surface area contributed by atoms with Crippen LogP contribution < -0.4 is 5.32 Å². The second-order valence-corrected chi connectivity index (χ2v) is 5.14. The van der Waals surface area contributed by atoms with Crippen molar-refractivity contribution < 1.29 is 13.5 Å². The van der Waals surface area contributed by atoms with Gasteiger partial charge in [-0.25, -0.2) is 8.78 Å². The zero-order chi connectivity index (χ0) is 14.5. The molecule has 0 aliphatic heterocycles. The Balaban J connectivity index is 2.18. The summed E-state index contributed by atoms with van der Waals surface area (Å²) in [7, 11) is 1.61. The first-order valence-corrected chi connectivity index (χ1v) is 6.85. The summed E-state index contributed by atoms with van der Waals surface area (Å²) in [4.78, 5) is 0. The molecule has 106 valence electrons. The topological polar surface area (TPSA) is 21.3 Å². The van der Waals surface area contributed by atoms with E-state index >= 15 is 0 Å². The number of hydrogen-bond acceptors (Lipinski definition) is 2. The van der Waals surface area contributed by atoms with Crippen molar-refractivity contribution in [2.75, 3.05) is 12.4 Å². The van der Waals surface area contributed by atoms with Gasteiger partial charge in [-0.15, -0.1) is 0 Å². The molecule has 0 atom stereocenters. The molecule has 2 aromatic carbocycles. The number of halogens is 3. The minimum absolute atomic E-state index is 0.205. The molecule has 0 unspecified atom stereocenters. The van der Waals surface area contributed by atoms with E-state index < -0.39 is 11.6 Å². The average Bonchev–Trinajstić information content (AvgIpc) is 2.43. The second-order valence-electron chi connectivity index (χ2n) is 4.29. The van der Waals surface area contributed by atoms with Crippen LogP contribution in [0.1, 0.15) is 11.1 Å². The average molecular weight is 342 g/mol. The lowest BCUT2D eigenvalue weighted by molar-refractivity contribution is 0.185. The van der Waals surface area contributed by atoms with E-state index in [0.717, 1.165) is 27.9 Å². The highest BCUT2D eigenvalue weighted by Gasteiger charge is 2.08. The summed E-state index contributed by atoms with van der Waals surface area (Å²) in [6, 6.07) is 9.07. The van der Waals surface area contributed by atoms with Gasteiger partial charge < -0.3 is 10.1 Å². The summed E-state index contributed by atoms with van der Waals surface area (Å²) in [6.45, 7) is 0.631. The van der Waals surface area contributed by atoms with Gasteiger partial charge >= 0.3 is 0 Å². The Bertz CT molecular complexity index is 604. The minimum Gasteiger partial charge on any atom is -0.381 e. The standard InChI is InChI=1S/C15H14BrF2NO/c1-20-9-12-13(16)3-2-4-15(12)19-8-10-7-11(17)5-6-14(10)18/h2-7,19H,8-9H2,1H3. The van der Waals surface area contributed by atoms with Gasteiger partial charge in [0.1, 0.15) is 11.6 Å². The van der Waals surface area contributed by atoms with E-state index in [9.17, 15) is 8.78 Å². The summed E-state index contributed by atoms with van der Waals surface area (Å²) in [5.41, 5.74) is 2.05. The van der Waals surface area contributed by atoms with Gasteiger partial charge in [-0.3, -0.25) is 0 Å². The van der Waals surface area contributed by atoms with Gasteiger partial charge in [-0.05, 0) is 30.3 Å². The molecule has 0 heterocycles. The summed E-state index contributed by atoms with van der Waals surface area (Å²) in [5, 5.41) is 3.11. The fourth-order valence-electron chi connectivity index (χ4n) is 1.88. The molecule has 0 amide bonds. The van der Waals surface area contributed by atoms with Crippen LogP contribution >= 0.6 is 15.9 Å². The van der Waals surface area contributed by atoms with Gasteiger partial charge in [0, 0.05) is 34.9 Å². The predicted octanol–water partition coefficient (Wildman–Crippen LogP) is 4.49. The van der Waals surface area contributed by atoms with Gasteiger partial charge in [0.05, 0.1) is 6.61 Å². The molecule has 2 rings (SSSR count). The Labute approximate surface area is 124 Å². The van der Waals surface area contributed by atoms with Crippen LogP contribution in [0.5, 0.6) is 0 Å². The molecule has 0 aromatic heterocycles. The third-order valence-electron chi connectivity index (χ3n) is 2.88. The number of anilines is 1. The smallest absolute Gasteiger partial charge is 0.128 e. The monoisotopic (exact) mass is 341 g/mol. The second kappa shape index (κ2) is 6.81. The molecule has 20 heavy (non-hydrogen) atoms. The molecular weight excluding hydrogens is 328 g/mol. The quantitative estimate of drug-likeness (QED) is 0.865. The molecule has 1 N–H and O–H groups in total. The first-order chi connectivity index (χ1) is 9.61. The van der Waals surface area contributed by atoms with Crippen LogP contribution in [-0.4, -0.2) is 7.11 Å². The maximum absolute atomic E-state index is 13.6. The Morgan fingerprint density at radius 2 is 2.00 bits per heavy atom. The van der Waals surface area contributed by atoms with Gasteiger partial charge in [0.2, 0.25) is 0 Å². The van der Waals surface area contributed by atoms with Crippen LogP contribution in [0.15, 0.2) is 40.9 Å². The van der Waals surface area contributed by atoms with Gasteiger partial charge in [0.25, 0.3) is 0 Å². The fraction of sp³-hybridized carbons (Fsp3) is 0.200. The van der Waals surface area contributed by atoms with Crippen LogP contribution in [-0.2, 0) is 17.9 Å². The van der Waals surface area contributed by atoms with Crippen LogP contribution in [0.2, 0.25) is 0 Å². The molecule has 0 bridgehead atoms. The third-order valence-corrected chi connectivity index (χ3v) is 3.63. The van der Waals surface area contributed by atoms with Crippen LogP contribution in [0.4, 0.5) is 14.5 Å². The number of nitrogens with one attached hydrogen (secondary N) is 1. The Hall–Kier alpha value is -1.46. The maximum Gasteiger partial charge on any atom is 0.128 e. The molecule has 0 spiro atoms. The number of methoxy groups -OCH3 is 1. The number of rotatable bonds is 5. The van der Waals surface area contributed by atoms with E-state index in [4.69, 9.17) is 4.74 Å².